The number of hydrogen-bond acceptors (Lipinski definition) is 2. The molecule has 2 bridgehead atoms. The second kappa shape index (κ2) is 3.74. The summed E-state index contributed by atoms with van der Waals surface area (Å²) in [6, 6.07) is 0. The number of rotatable bonds is 1. The summed E-state index contributed by atoms with van der Waals surface area (Å²) in [6.45, 7) is 9.12. The van der Waals surface area contributed by atoms with E-state index < -0.39 is 0 Å². The molecule has 5 fully saturated rings. The summed E-state index contributed by atoms with van der Waals surface area (Å²) in [5.41, 5.74) is 1.40. The minimum atomic E-state index is 0.0422. The molecule has 0 aromatic heterocycles. The molecule has 1 aliphatic heterocycles. The topological polar surface area (TPSA) is 23.6 Å². The normalized spacial score (nSPS) is 56.1. The Morgan fingerprint density at radius 2 is 1.77 bits per heavy atom. The molecule has 5 atom stereocenters. The molecule has 5 aliphatic rings. The maximum Gasteiger partial charge on any atom is 0.229 e. The lowest BCUT2D eigenvalue weighted by atomic mass is 9.21. The molecule has 1 saturated heterocycles. The molecule has 3 heteroatoms. The van der Waals surface area contributed by atoms with Gasteiger partial charge in [0.25, 0.3) is 0 Å². The minimum absolute atomic E-state index is 0.0422. The smallest absolute Gasteiger partial charge is 0.229 e. The third-order valence-corrected chi connectivity index (χ3v) is 8.74. The first-order chi connectivity index (χ1) is 10.4. The Balaban J connectivity index is 1.48. The van der Waals surface area contributed by atoms with Gasteiger partial charge in [0.05, 0.1) is 5.41 Å². The second-order valence-corrected chi connectivity index (χ2v) is 9.89. The van der Waals surface area contributed by atoms with E-state index in [0.717, 1.165) is 38.5 Å². The van der Waals surface area contributed by atoms with Gasteiger partial charge in [0.15, 0.2) is 0 Å². The first-order valence-corrected chi connectivity index (χ1v) is 9.34. The van der Waals surface area contributed by atoms with E-state index in [-0.39, 0.29) is 5.41 Å². The van der Waals surface area contributed by atoms with E-state index in [1.54, 1.807) is 0 Å². The number of nitrogens with zero attached hydrogens (tertiary/aromatic N) is 2. The number of amides is 1. The average Bonchev–Trinajstić information content (AvgIpc) is 2.78. The zero-order chi connectivity index (χ0) is 15.4. The van der Waals surface area contributed by atoms with Gasteiger partial charge >= 0.3 is 0 Å². The van der Waals surface area contributed by atoms with Crippen LogP contribution in [0.2, 0.25) is 0 Å². The van der Waals surface area contributed by atoms with Gasteiger partial charge in [0.2, 0.25) is 5.91 Å². The van der Waals surface area contributed by atoms with Crippen LogP contribution in [0.3, 0.4) is 0 Å². The molecule has 1 amide bonds. The predicted octanol–water partition coefficient (Wildman–Crippen LogP) is 2.76. The third-order valence-electron chi connectivity index (χ3n) is 8.74. The number of carbonyl (C=O) groups excluding carboxylic acids is 1. The molecule has 122 valence electrons. The fourth-order valence-corrected chi connectivity index (χ4v) is 8.72. The van der Waals surface area contributed by atoms with Crippen LogP contribution in [0.25, 0.3) is 0 Å². The van der Waals surface area contributed by atoms with E-state index >= 15 is 0 Å². The molecule has 22 heavy (non-hydrogen) atoms. The van der Waals surface area contributed by atoms with Gasteiger partial charge in [-0.1, -0.05) is 13.8 Å². The van der Waals surface area contributed by atoms with Gasteiger partial charge < -0.3 is 9.80 Å². The largest absolute Gasteiger partial charge is 0.341 e. The highest BCUT2D eigenvalue weighted by molar-refractivity contribution is 5.87. The van der Waals surface area contributed by atoms with E-state index in [9.17, 15) is 4.79 Å². The van der Waals surface area contributed by atoms with Gasteiger partial charge in [0.1, 0.15) is 0 Å². The van der Waals surface area contributed by atoms with Gasteiger partial charge in [-0.3, -0.25) is 4.79 Å². The SMILES string of the molecule is CN1CCCN(C(=O)C23CC4CC5(C)CC(C)(C2)C53C4)CC1. The van der Waals surface area contributed by atoms with Crippen LogP contribution in [0, 0.1) is 27.6 Å². The molecule has 0 aromatic carbocycles. The summed E-state index contributed by atoms with van der Waals surface area (Å²) in [7, 11) is 2.19. The lowest BCUT2D eigenvalue weighted by Gasteiger charge is -2.82. The van der Waals surface area contributed by atoms with Gasteiger partial charge in [-0.2, -0.15) is 0 Å². The molecule has 4 aliphatic carbocycles. The van der Waals surface area contributed by atoms with Crippen LogP contribution in [-0.2, 0) is 4.79 Å². The van der Waals surface area contributed by atoms with Crippen molar-refractivity contribution in [2.24, 2.45) is 27.6 Å². The van der Waals surface area contributed by atoms with Crippen molar-refractivity contribution >= 4 is 5.91 Å². The minimum Gasteiger partial charge on any atom is -0.341 e. The number of carbonyl (C=O) groups is 1. The van der Waals surface area contributed by atoms with E-state index in [1.165, 1.54) is 32.1 Å². The van der Waals surface area contributed by atoms with E-state index in [0.29, 0.717) is 22.2 Å². The Morgan fingerprint density at radius 3 is 2.50 bits per heavy atom. The summed E-state index contributed by atoms with van der Waals surface area (Å²) in [5.74, 6) is 1.39. The molecule has 4 saturated carbocycles. The lowest BCUT2D eigenvalue weighted by Crippen LogP contribution is -2.80. The van der Waals surface area contributed by atoms with Crippen LogP contribution in [0.4, 0.5) is 0 Å². The molecule has 5 rings (SSSR count). The fraction of sp³-hybridized carbons (Fsp3) is 0.947. The van der Waals surface area contributed by atoms with Gasteiger partial charge in [-0.15, -0.1) is 0 Å². The molecule has 1 spiro atoms. The Labute approximate surface area is 134 Å². The third kappa shape index (κ3) is 1.19. The zero-order valence-corrected chi connectivity index (χ0v) is 14.5. The maximum absolute atomic E-state index is 13.6. The molecular formula is C19H30N2O. The molecular weight excluding hydrogens is 272 g/mol. The highest BCUT2D eigenvalue weighted by atomic mass is 16.2. The number of fused-ring (bicyclic) bond motifs is 1. The lowest BCUT2D eigenvalue weighted by molar-refractivity contribution is -0.339. The van der Waals surface area contributed by atoms with E-state index in [4.69, 9.17) is 0 Å². The molecule has 3 nitrogen and oxygen atoms in total. The summed E-state index contributed by atoms with van der Waals surface area (Å²) < 4.78 is 0. The number of likely N-dealkylation sites (N-methyl/N-ethyl adjacent to an activating group) is 1. The van der Waals surface area contributed by atoms with E-state index in [1.807, 2.05) is 0 Å². The van der Waals surface area contributed by atoms with Crippen LogP contribution in [0.15, 0.2) is 0 Å². The van der Waals surface area contributed by atoms with Crippen LogP contribution in [0.1, 0.15) is 52.4 Å². The Morgan fingerprint density at radius 1 is 0.955 bits per heavy atom. The highest BCUT2D eigenvalue weighted by Gasteiger charge is 2.91. The quantitative estimate of drug-likeness (QED) is 0.743. The second-order valence-electron chi connectivity index (χ2n) is 9.89. The van der Waals surface area contributed by atoms with Gasteiger partial charge in [-0.25, -0.2) is 0 Å². The van der Waals surface area contributed by atoms with Crippen LogP contribution in [-0.4, -0.2) is 48.9 Å². The van der Waals surface area contributed by atoms with Gasteiger partial charge in [0, 0.05) is 19.6 Å². The first-order valence-electron chi connectivity index (χ1n) is 9.34. The highest BCUT2D eigenvalue weighted by Crippen LogP contribution is 2.95. The van der Waals surface area contributed by atoms with Crippen molar-refractivity contribution in [3.05, 3.63) is 0 Å². The molecule has 0 aromatic rings. The zero-order valence-electron chi connectivity index (χ0n) is 14.5. The predicted molar refractivity (Wildman–Crippen MR) is 86.3 cm³/mol. The summed E-state index contributed by atoms with van der Waals surface area (Å²) in [5, 5.41) is 0. The molecule has 0 N–H and O–H groups in total. The Hall–Kier alpha value is -0.570. The van der Waals surface area contributed by atoms with Crippen molar-refractivity contribution in [3.63, 3.8) is 0 Å². The van der Waals surface area contributed by atoms with Crippen molar-refractivity contribution < 1.29 is 4.79 Å². The monoisotopic (exact) mass is 302 g/mol. The summed E-state index contributed by atoms with van der Waals surface area (Å²) in [6.07, 6.45) is 7.69. The standard InChI is InChI=1S/C19H30N2O/c1-16-9-14-10-18(13-17(2,12-16)19(16,18)11-14)15(22)21-6-4-5-20(3)7-8-21/h14H,4-13H2,1-3H3. The maximum atomic E-state index is 13.6. The van der Waals surface area contributed by atoms with Crippen molar-refractivity contribution in [3.8, 4) is 0 Å². The number of hydrogen-bond donors (Lipinski definition) is 0. The van der Waals surface area contributed by atoms with Crippen LogP contribution < -0.4 is 0 Å². The molecule has 5 unspecified atom stereocenters. The van der Waals surface area contributed by atoms with Crippen molar-refractivity contribution in [1.82, 2.24) is 9.80 Å². The van der Waals surface area contributed by atoms with Crippen molar-refractivity contribution in [2.45, 2.75) is 52.4 Å². The van der Waals surface area contributed by atoms with Gasteiger partial charge in [-0.05, 0) is 74.3 Å². The molecule has 1 heterocycles. The van der Waals surface area contributed by atoms with Crippen LogP contribution in [0.5, 0.6) is 0 Å². The fourth-order valence-electron chi connectivity index (χ4n) is 8.72. The Bertz CT molecular complexity index is 562. The van der Waals surface area contributed by atoms with E-state index in [2.05, 4.69) is 30.7 Å². The van der Waals surface area contributed by atoms with Crippen LogP contribution >= 0.6 is 0 Å². The summed E-state index contributed by atoms with van der Waals surface area (Å²) in [4.78, 5) is 18.2. The Kier molecular flexibility index (Phi) is 2.35. The summed E-state index contributed by atoms with van der Waals surface area (Å²) >= 11 is 0. The molecule has 0 radical (unpaired) electrons. The average molecular weight is 302 g/mol. The first kappa shape index (κ1) is 13.8. The van der Waals surface area contributed by atoms with Crippen molar-refractivity contribution in [1.29, 1.82) is 0 Å². The van der Waals surface area contributed by atoms with Crippen molar-refractivity contribution in [2.75, 3.05) is 33.2 Å².